The van der Waals surface area contributed by atoms with Crippen LogP contribution in [0.25, 0.3) is 0 Å². The number of halogens is 2. The molecule has 1 rings (SSSR count). The number of rotatable bonds is 5. The first kappa shape index (κ1) is 14.8. The zero-order valence-corrected chi connectivity index (χ0v) is 13.4. The molecule has 0 heterocycles. The van der Waals surface area contributed by atoms with Gasteiger partial charge in [0.2, 0.25) is 0 Å². The molecule has 1 aromatic rings. The number of aryl methyl sites for hydroxylation is 1. The average molecular weight is 367 g/mol. The van der Waals surface area contributed by atoms with Crippen LogP contribution in [-0.2, 0) is 6.42 Å². The van der Waals surface area contributed by atoms with E-state index < -0.39 is 0 Å². The van der Waals surface area contributed by atoms with Crippen LogP contribution in [0.4, 0.5) is 0 Å². The summed E-state index contributed by atoms with van der Waals surface area (Å²) >= 11 is 6.78. The highest BCUT2D eigenvalue weighted by molar-refractivity contribution is 9.11. The summed E-state index contributed by atoms with van der Waals surface area (Å²) in [5.41, 5.74) is 0.923. The summed E-state index contributed by atoms with van der Waals surface area (Å²) in [6.45, 7) is 1.00. The molecule has 0 aliphatic heterocycles. The summed E-state index contributed by atoms with van der Waals surface area (Å²) in [6.07, 6.45) is 1.84. The Kier molecular flexibility index (Phi) is 5.76. The third kappa shape index (κ3) is 3.86. The predicted molar refractivity (Wildman–Crippen MR) is 76.9 cm³/mol. The molecule has 0 unspecified atom stereocenters. The van der Waals surface area contributed by atoms with Crippen LogP contribution in [-0.4, -0.2) is 37.8 Å². The van der Waals surface area contributed by atoms with E-state index in [-0.39, 0.29) is 5.75 Å². The van der Waals surface area contributed by atoms with Gasteiger partial charge in [-0.1, -0.05) is 0 Å². The molecule has 0 aliphatic carbocycles. The Bertz CT molecular complexity index is 395. The van der Waals surface area contributed by atoms with Gasteiger partial charge in [0.25, 0.3) is 0 Å². The van der Waals surface area contributed by atoms with Crippen LogP contribution in [0.5, 0.6) is 11.5 Å². The van der Waals surface area contributed by atoms with Gasteiger partial charge in [-0.15, -0.1) is 0 Å². The number of benzene rings is 1. The van der Waals surface area contributed by atoms with Crippen molar-refractivity contribution in [2.24, 2.45) is 0 Å². The lowest BCUT2D eigenvalue weighted by Gasteiger charge is -2.13. The quantitative estimate of drug-likeness (QED) is 0.866. The second-order valence-electron chi connectivity index (χ2n) is 4.12. The number of aromatic hydroxyl groups is 1. The van der Waals surface area contributed by atoms with Crippen molar-refractivity contribution in [2.75, 3.05) is 27.7 Å². The minimum absolute atomic E-state index is 0.267. The number of phenolic OH excluding ortho intramolecular Hbond substituents is 1. The Morgan fingerprint density at radius 1 is 1.35 bits per heavy atom. The topological polar surface area (TPSA) is 32.7 Å². The van der Waals surface area contributed by atoms with Crippen molar-refractivity contribution in [1.82, 2.24) is 4.90 Å². The summed E-state index contributed by atoms with van der Waals surface area (Å²) < 4.78 is 6.65. The number of hydrogen-bond acceptors (Lipinski definition) is 3. The van der Waals surface area contributed by atoms with Gasteiger partial charge in [0.15, 0.2) is 5.75 Å². The van der Waals surface area contributed by atoms with E-state index >= 15 is 0 Å². The van der Waals surface area contributed by atoms with Crippen LogP contribution in [0.1, 0.15) is 12.0 Å². The molecule has 96 valence electrons. The fraction of sp³-hybridized carbons (Fsp3) is 0.500. The van der Waals surface area contributed by atoms with E-state index in [1.807, 2.05) is 20.2 Å². The SMILES string of the molecule is COc1c(Br)cc(CCCN(C)C)c(O)c1Br. The zero-order chi connectivity index (χ0) is 13.0. The average Bonchev–Trinajstić information content (AvgIpc) is 2.25. The molecule has 0 saturated heterocycles. The van der Waals surface area contributed by atoms with E-state index in [9.17, 15) is 5.11 Å². The lowest BCUT2D eigenvalue weighted by atomic mass is 10.1. The van der Waals surface area contributed by atoms with Crippen LogP contribution < -0.4 is 4.74 Å². The van der Waals surface area contributed by atoms with Crippen molar-refractivity contribution in [3.63, 3.8) is 0 Å². The zero-order valence-electron chi connectivity index (χ0n) is 10.3. The lowest BCUT2D eigenvalue weighted by molar-refractivity contribution is 0.391. The summed E-state index contributed by atoms with van der Waals surface area (Å²) in [7, 11) is 5.66. The standard InChI is InChI=1S/C12H17Br2NO2/c1-15(2)6-4-5-8-7-9(13)12(17-3)10(14)11(8)16/h7,16H,4-6H2,1-3H3. The third-order valence-corrected chi connectivity index (χ3v) is 3.81. The van der Waals surface area contributed by atoms with Crippen molar-refractivity contribution in [3.05, 3.63) is 20.6 Å². The number of ether oxygens (including phenoxy) is 1. The Morgan fingerprint density at radius 2 is 2.00 bits per heavy atom. The van der Waals surface area contributed by atoms with Crippen LogP contribution >= 0.6 is 31.9 Å². The minimum Gasteiger partial charge on any atom is -0.506 e. The molecule has 0 fully saturated rings. The van der Waals surface area contributed by atoms with Crippen molar-refractivity contribution in [2.45, 2.75) is 12.8 Å². The van der Waals surface area contributed by atoms with Gasteiger partial charge in [-0.2, -0.15) is 0 Å². The van der Waals surface area contributed by atoms with E-state index in [4.69, 9.17) is 4.74 Å². The molecule has 0 atom stereocenters. The fourth-order valence-electron chi connectivity index (χ4n) is 1.60. The molecule has 1 aromatic carbocycles. The van der Waals surface area contributed by atoms with Gasteiger partial charge < -0.3 is 14.7 Å². The smallest absolute Gasteiger partial charge is 0.150 e. The summed E-state index contributed by atoms with van der Waals surface area (Å²) in [4.78, 5) is 2.13. The summed E-state index contributed by atoms with van der Waals surface area (Å²) in [5.74, 6) is 0.891. The first-order valence-corrected chi connectivity index (χ1v) is 6.94. The molecule has 0 radical (unpaired) electrons. The highest BCUT2D eigenvalue weighted by Gasteiger charge is 2.14. The van der Waals surface area contributed by atoms with E-state index in [1.54, 1.807) is 7.11 Å². The van der Waals surface area contributed by atoms with Crippen LogP contribution in [0.2, 0.25) is 0 Å². The van der Waals surface area contributed by atoms with Gasteiger partial charge in [-0.25, -0.2) is 0 Å². The maximum atomic E-state index is 10.0. The van der Waals surface area contributed by atoms with Gasteiger partial charge in [0, 0.05) is 0 Å². The molecule has 1 N–H and O–H groups in total. The van der Waals surface area contributed by atoms with E-state index in [1.165, 1.54) is 0 Å². The van der Waals surface area contributed by atoms with Crippen LogP contribution in [0.3, 0.4) is 0 Å². The molecule has 0 spiro atoms. The van der Waals surface area contributed by atoms with Crippen molar-refractivity contribution in [3.8, 4) is 11.5 Å². The Balaban J connectivity index is 2.87. The Morgan fingerprint density at radius 3 is 2.53 bits per heavy atom. The largest absolute Gasteiger partial charge is 0.506 e. The van der Waals surface area contributed by atoms with E-state index in [0.717, 1.165) is 29.4 Å². The Labute approximate surface area is 119 Å². The monoisotopic (exact) mass is 365 g/mol. The normalized spacial score (nSPS) is 10.9. The molecule has 3 nitrogen and oxygen atoms in total. The second-order valence-corrected chi connectivity index (χ2v) is 5.77. The van der Waals surface area contributed by atoms with E-state index in [0.29, 0.717) is 10.2 Å². The maximum Gasteiger partial charge on any atom is 0.150 e. The predicted octanol–water partition coefficient (Wildman–Crippen LogP) is 3.42. The molecule has 0 amide bonds. The lowest BCUT2D eigenvalue weighted by Crippen LogP contribution is -2.13. The van der Waals surface area contributed by atoms with Gasteiger partial charge >= 0.3 is 0 Å². The van der Waals surface area contributed by atoms with Gasteiger partial charge in [0.1, 0.15) is 10.2 Å². The number of nitrogens with zero attached hydrogens (tertiary/aromatic N) is 1. The van der Waals surface area contributed by atoms with Crippen molar-refractivity contribution >= 4 is 31.9 Å². The second kappa shape index (κ2) is 6.61. The van der Waals surface area contributed by atoms with Crippen LogP contribution in [0.15, 0.2) is 15.0 Å². The number of phenols is 1. The third-order valence-electron chi connectivity index (χ3n) is 2.48. The highest BCUT2D eigenvalue weighted by Crippen LogP contribution is 2.42. The summed E-state index contributed by atoms with van der Waals surface area (Å²) in [5, 5.41) is 10.0. The van der Waals surface area contributed by atoms with Gasteiger partial charge in [0.05, 0.1) is 11.6 Å². The molecular weight excluding hydrogens is 350 g/mol. The van der Waals surface area contributed by atoms with E-state index in [2.05, 4.69) is 36.8 Å². The van der Waals surface area contributed by atoms with Gasteiger partial charge in [-0.3, -0.25) is 0 Å². The number of methoxy groups -OCH3 is 1. The molecule has 0 saturated carbocycles. The molecule has 17 heavy (non-hydrogen) atoms. The Hall–Kier alpha value is -0.260. The molecule has 0 aromatic heterocycles. The van der Waals surface area contributed by atoms with Crippen LogP contribution in [0, 0.1) is 0 Å². The first-order chi connectivity index (χ1) is 7.97. The fourth-order valence-corrected chi connectivity index (χ4v) is 3.14. The maximum absolute atomic E-state index is 10.0. The van der Waals surface area contributed by atoms with Crippen molar-refractivity contribution < 1.29 is 9.84 Å². The molecule has 5 heteroatoms. The molecule has 0 aliphatic rings. The minimum atomic E-state index is 0.267. The number of hydrogen-bond donors (Lipinski definition) is 1. The van der Waals surface area contributed by atoms with Crippen molar-refractivity contribution in [1.29, 1.82) is 0 Å². The van der Waals surface area contributed by atoms with Gasteiger partial charge in [-0.05, 0) is 77.0 Å². The summed E-state index contributed by atoms with van der Waals surface area (Å²) in [6, 6.07) is 1.91. The highest BCUT2D eigenvalue weighted by atomic mass is 79.9. The first-order valence-electron chi connectivity index (χ1n) is 5.36. The molecular formula is C12H17Br2NO2. The molecule has 0 bridgehead atoms.